The molecule has 3 aliphatic rings. The number of halogens is 1. The summed E-state index contributed by atoms with van der Waals surface area (Å²) in [5, 5.41) is 0. The van der Waals surface area contributed by atoms with Crippen LogP contribution in [-0.2, 0) is 26.0 Å². The molecule has 294 valence electrons. The van der Waals surface area contributed by atoms with E-state index in [1.54, 1.807) is 23.1 Å². The number of nitrogens with one attached hydrogen (secondary N) is 1. The molecule has 0 aliphatic carbocycles. The Bertz CT molecular complexity index is 2100. The Labute approximate surface area is 329 Å². The molecule has 0 unspecified atom stereocenters. The molecule has 2 aromatic carbocycles. The Balaban J connectivity index is 0.00000514. The van der Waals surface area contributed by atoms with Crippen LogP contribution in [0.2, 0.25) is 0 Å². The third-order valence-corrected chi connectivity index (χ3v) is 11.3. The number of hydrogen-bond acceptors (Lipinski definition) is 11. The number of aryl methyl sites for hydroxylation is 2. The normalized spacial score (nSPS) is 18.9. The number of nitrogens with zero attached hydrogens (tertiary/aromatic N) is 6. The number of amides is 1. The highest BCUT2D eigenvalue weighted by Crippen LogP contribution is 2.34. The first kappa shape index (κ1) is 40.2. The van der Waals surface area contributed by atoms with Gasteiger partial charge in [0.25, 0.3) is 15.9 Å². The molecule has 2 aromatic heterocycles. The lowest BCUT2D eigenvalue weighted by atomic mass is 9.87. The van der Waals surface area contributed by atoms with E-state index in [0.717, 1.165) is 46.8 Å². The Kier molecular flexibility index (Phi) is 12.2. The van der Waals surface area contributed by atoms with E-state index in [4.69, 9.17) is 19.2 Å². The molecule has 1 N–H and O–H groups in total. The summed E-state index contributed by atoms with van der Waals surface area (Å²) in [4.78, 5) is 35.4. The van der Waals surface area contributed by atoms with Crippen LogP contribution < -0.4 is 19.3 Å². The van der Waals surface area contributed by atoms with Gasteiger partial charge in [0.1, 0.15) is 6.61 Å². The number of benzene rings is 2. The molecule has 4 aromatic rings. The first-order valence-corrected chi connectivity index (χ1v) is 20.0. The van der Waals surface area contributed by atoms with Crippen LogP contribution in [0.5, 0.6) is 5.88 Å². The molecule has 3 aliphatic heterocycles. The number of morpholine rings is 2. The number of carbonyl (C=O) groups excluding carboxylic acids is 1. The van der Waals surface area contributed by atoms with Crippen molar-refractivity contribution in [2.75, 3.05) is 73.7 Å². The van der Waals surface area contributed by atoms with E-state index >= 15 is 0 Å². The zero-order chi connectivity index (χ0) is 38.0. The van der Waals surface area contributed by atoms with Crippen LogP contribution in [-0.4, -0.2) is 99.4 Å². The van der Waals surface area contributed by atoms with Crippen LogP contribution in [0.25, 0.3) is 11.3 Å². The highest BCUT2D eigenvalue weighted by atomic mass is 35.5. The molecule has 13 nitrogen and oxygen atoms in total. The molecule has 7 rings (SSSR count). The lowest BCUT2D eigenvalue weighted by molar-refractivity contribution is 0.0509. The molecule has 15 heteroatoms. The van der Waals surface area contributed by atoms with Gasteiger partial charge in [-0.1, -0.05) is 45.0 Å². The van der Waals surface area contributed by atoms with Crippen molar-refractivity contribution in [3.63, 3.8) is 0 Å². The summed E-state index contributed by atoms with van der Waals surface area (Å²) in [6.45, 7) is 16.0. The van der Waals surface area contributed by atoms with Gasteiger partial charge in [-0.3, -0.25) is 9.78 Å². The van der Waals surface area contributed by atoms with Crippen LogP contribution >= 0.6 is 12.4 Å². The highest BCUT2D eigenvalue weighted by molar-refractivity contribution is 7.92. The van der Waals surface area contributed by atoms with Crippen LogP contribution in [0.1, 0.15) is 54.4 Å². The van der Waals surface area contributed by atoms with Crippen molar-refractivity contribution in [1.29, 1.82) is 0 Å². The Morgan fingerprint density at radius 2 is 1.53 bits per heavy atom. The molecule has 5 heterocycles. The van der Waals surface area contributed by atoms with Crippen molar-refractivity contribution in [2.45, 2.75) is 58.5 Å². The Morgan fingerprint density at radius 1 is 0.873 bits per heavy atom. The van der Waals surface area contributed by atoms with Crippen molar-refractivity contribution in [3.8, 4) is 17.1 Å². The molecular formula is C40H50ClN7O6S. The van der Waals surface area contributed by atoms with Crippen LogP contribution in [0.3, 0.4) is 0 Å². The first-order valence-electron chi connectivity index (χ1n) is 18.5. The zero-order valence-corrected chi connectivity index (χ0v) is 33.7. The maximum Gasteiger partial charge on any atom is 0.264 e. The first-order chi connectivity index (χ1) is 25.8. The smallest absolute Gasteiger partial charge is 0.264 e. The number of rotatable bonds is 6. The van der Waals surface area contributed by atoms with Crippen molar-refractivity contribution in [3.05, 3.63) is 83.2 Å². The number of anilines is 3. The Hall–Kier alpha value is -4.50. The predicted octanol–water partition coefficient (Wildman–Crippen LogP) is 5.89. The van der Waals surface area contributed by atoms with Crippen molar-refractivity contribution in [2.24, 2.45) is 5.41 Å². The number of pyridine rings is 1. The molecule has 0 spiro atoms. The summed E-state index contributed by atoms with van der Waals surface area (Å²) in [7, 11) is -4.20. The van der Waals surface area contributed by atoms with Gasteiger partial charge in [0.15, 0.2) is 0 Å². The van der Waals surface area contributed by atoms with Gasteiger partial charge in [0.05, 0.1) is 72.9 Å². The minimum Gasteiger partial charge on any atom is -0.475 e. The summed E-state index contributed by atoms with van der Waals surface area (Å²) in [5.74, 6) is -0.255. The number of hydrogen-bond donors (Lipinski definition) is 1. The fourth-order valence-corrected chi connectivity index (χ4v) is 8.36. The fourth-order valence-electron chi connectivity index (χ4n) is 7.37. The van der Waals surface area contributed by atoms with E-state index in [9.17, 15) is 13.2 Å². The molecule has 2 fully saturated rings. The minimum atomic E-state index is -4.20. The SMILES string of the molecule is Cc1cccc(C)c1-c1cc2nc(n1)NS(=O)(=O)c1cccc(c1)C(=O)N(Cc1ncc(N3CCOCC3)cc1N1CCOCC1)[C@H](CC(C)(C)C)CO2.Cl. The lowest BCUT2D eigenvalue weighted by Crippen LogP contribution is -2.46. The van der Waals surface area contributed by atoms with Gasteiger partial charge in [-0.15, -0.1) is 12.4 Å². The number of carbonyl (C=O) groups is 1. The second-order valence-corrected chi connectivity index (χ2v) is 17.0. The highest BCUT2D eigenvalue weighted by Gasteiger charge is 2.33. The molecule has 0 radical (unpaired) electrons. The number of sulfonamides is 1. The van der Waals surface area contributed by atoms with E-state index in [0.29, 0.717) is 51.6 Å². The number of ether oxygens (including phenoxy) is 3. The second-order valence-electron chi connectivity index (χ2n) is 15.3. The van der Waals surface area contributed by atoms with E-state index in [1.165, 1.54) is 12.1 Å². The van der Waals surface area contributed by atoms with Crippen LogP contribution in [0.4, 0.5) is 17.3 Å². The third kappa shape index (κ3) is 9.31. The third-order valence-electron chi connectivity index (χ3n) is 10.0. The van der Waals surface area contributed by atoms with Gasteiger partial charge in [-0.25, -0.2) is 18.1 Å². The maximum atomic E-state index is 14.9. The molecule has 4 bridgehead atoms. The van der Waals surface area contributed by atoms with E-state index < -0.39 is 16.1 Å². The summed E-state index contributed by atoms with van der Waals surface area (Å²) < 4.78 is 48.1. The van der Waals surface area contributed by atoms with Gasteiger partial charge >= 0.3 is 0 Å². The van der Waals surface area contributed by atoms with Crippen molar-refractivity contribution >= 4 is 45.7 Å². The van der Waals surface area contributed by atoms with Gasteiger partial charge in [-0.2, -0.15) is 4.98 Å². The van der Waals surface area contributed by atoms with Gasteiger partial charge in [0.2, 0.25) is 11.8 Å². The largest absolute Gasteiger partial charge is 0.475 e. The average molecular weight is 792 g/mol. The summed E-state index contributed by atoms with van der Waals surface area (Å²) in [6, 6.07) is 15.5. The van der Waals surface area contributed by atoms with E-state index in [1.807, 2.05) is 38.2 Å². The van der Waals surface area contributed by atoms with E-state index in [2.05, 4.69) is 51.3 Å². The minimum absolute atomic E-state index is 0. The molecular weight excluding hydrogens is 742 g/mol. The quantitative estimate of drug-likeness (QED) is 0.250. The fraction of sp³-hybridized carbons (Fsp3) is 0.450. The van der Waals surface area contributed by atoms with Gasteiger partial charge < -0.3 is 28.9 Å². The summed E-state index contributed by atoms with van der Waals surface area (Å²) in [6.07, 6.45) is 2.46. The van der Waals surface area contributed by atoms with Gasteiger partial charge in [-0.05, 0) is 61.1 Å². The topological polar surface area (TPSA) is 139 Å². The second kappa shape index (κ2) is 16.7. The lowest BCUT2D eigenvalue weighted by Gasteiger charge is -2.37. The molecule has 1 amide bonds. The Morgan fingerprint density at radius 3 is 2.20 bits per heavy atom. The van der Waals surface area contributed by atoms with Crippen molar-refractivity contribution in [1.82, 2.24) is 19.9 Å². The number of aromatic nitrogens is 3. The summed E-state index contributed by atoms with van der Waals surface area (Å²) >= 11 is 0. The number of fused-ring (bicyclic) bond motifs is 4. The zero-order valence-electron chi connectivity index (χ0n) is 32.1. The summed E-state index contributed by atoms with van der Waals surface area (Å²) in [5.41, 5.74) is 6.03. The van der Waals surface area contributed by atoms with Gasteiger partial charge in [0, 0.05) is 43.4 Å². The standard InChI is InChI=1S/C40H49N7O6S.ClH/c1-27-8-6-9-28(2)37(27)33-22-36-43-39(42-33)44-54(49,50)32-11-7-10-29(20-32)38(48)47(31(26-53-36)23-40(3,4)5)25-34-35(46-14-18-52-19-15-46)21-30(24-41-34)45-12-16-51-17-13-45;/h6-11,20-22,24,31H,12-19,23,25-26H2,1-5H3,(H,42,43,44);1H/t31-;/m1./s1. The molecule has 0 saturated carbocycles. The molecule has 55 heavy (non-hydrogen) atoms. The van der Waals surface area contributed by atoms with Crippen molar-refractivity contribution < 1.29 is 27.4 Å². The van der Waals surface area contributed by atoms with Crippen LogP contribution in [0, 0.1) is 19.3 Å². The molecule has 1 atom stereocenters. The monoisotopic (exact) mass is 791 g/mol. The van der Waals surface area contributed by atoms with Crippen LogP contribution in [0.15, 0.2) is 65.7 Å². The average Bonchev–Trinajstić information content (AvgIpc) is 3.15. The maximum absolute atomic E-state index is 14.9. The molecule has 2 saturated heterocycles. The predicted molar refractivity (Wildman–Crippen MR) is 215 cm³/mol. The van der Waals surface area contributed by atoms with E-state index in [-0.39, 0.29) is 59.2 Å².